The maximum atomic E-state index is 13.1. The summed E-state index contributed by atoms with van der Waals surface area (Å²) in [5.74, 6) is -0.725. The first-order chi connectivity index (χ1) is 8.08. The van der Waals surface area contributed by atoms with E-state index in [4.69, 9.17) is 5.73 Å². The van der Waals surface area contributed by atoms with Crippen molar-refractivity contribution in [3.05, 3.63) is 65.0 Å². The van der Waals surface area contributed by atoms with E-state index in [1.54, 1.807) is 12.1 Å². The zero-order valence-corrected chi connectivity index (χ0v) is 9.41. The number of hydrogen-bond donors (Lipinski definition) is 1. The van der Waals surface area contributed by atoms with Gasteiger partial charge in [0.1, 0.15) is 5.82 Å². The van der Waals surface area contributed by atoms with Gasteiger partial charge in [-0.25, -0.2) is 4.39 Å². The van der Waals surface area contributed by atoms with Gasteiger partial charge in [0.2, 0.25) is 0 Å². The summed E-state index contributed by atoms with van der Waals surface area (Å²) in [5.41, 5.74) is 7.73. The molecule has 0 atom stereocenters. The van der Waals surface area contributed by atoms with Crippen LogP contribution in [0.2, 0.25) is 0 Å². The van der Waals surface area contributed by atoms with E-state index in [2.05, 4.69) is 0 Å². The minimum atomic E-state index is -0.463. The summed E-state index contributed by atoms with van der Waals surface area (Å²) in [4.78, 5) is 12.1. The van der Waals surface area contributed by atoms with Crippen molar-refractivity contribution >= 4 is 11.5 Å². The van der Waals surface area contributed by atoms with Gasteiger partial charge < -0.3 is 5.73 Å². The first kappa shape index (κ1) is 11.3. The van der Waals surface area contributed by atoms with Gasteiger partial charge in [-0.1, -0.05) is 29.8 Å². The van der Waals surface area contributed by atoms with Crippen LogP contribution in [-0.4, -0.2) is 5.78 Å². The van der Waals surface area contributed by atoms with E-state index in [-0.39, 0.29) is 17.0 Å². The molecule has 0 aliphatic heterocycles. The lowest BCUT2D eigenvalue weighted by atomic mass is 10.0. The van der Waals surface area contributed by atoms with Crippen LogP contribution in [0.3, 0.4) is 0 Å². The number of nitrogen functional groups attached to an aromatic ring is 1. The molecule has 3 heteroatoms. The molecule has 0 spiro atoms. The maximum Gasteiger partial charge on any atom is 0.195 e. The Morgan fingerprint density at radius 1 is 1.12 bits per heavy atom. The van der Waals surface area contributed by atoms with Gasteiger partial charge in [-0.05, 0) is 25.1 Å². The Bertz CT molecular complexity index is 561. The van der Waals surface area contributed by atoms with E-state index in [1.807, 2.05) is 19.1 Å². The molecule has 0 heterocycles. The van der Waals surface area contributed by atoms with E-state index >= 15 is 0 Å². The summed E-state index contributed by atoms with van der Waals surface area (Å²) in [6.45, 7) is 1.94. The molecule has 86 valence electrons. The van der Waals surface area contributed by atoms with Crippen molar-refractivity contribution in [3.8, 4) is 0 Å². The normalized spacial score (nSPS) is 10.2. The van der Waals surface area contributed by atoms with Crippen LogP contribution in [0.15, 0.2) is 42.5 Å². The lowest BCUT2D eigenvalue weighted by Gasteiger charge is -2.05. The van der Waals surface area contributed by atoms with Crippen molar-refractivity contribution in [2.45, 2.75) is 6.92 Å². The van der Waals surface area contributed by atoms with Crippen LogP contribution in [0.25, 0.3) is 0 Å². The lowest BCUT2D eigenvalue weighted by Crippen LogP contribution is -2.05. The molecule has 0 bridgehead atoms. The number of halogens is 1. The molecule has 2 aromatic carbocycles. The highest BCUT2D eigenvalue weighted by Crippen LogP contribution is 2.18. The number of aryl methyl sites for hydroxylation is 1. The van der Waals surface area contributed by atoms with E-state index < -0.39 is 5.82 Å². The molecule has 2 rings (SSSR count). The third kappa shape index (κ3) is 2.33. The highest BCUT2D eigenvalue weighted by Gasteiger charge is 2.12. The highest BCUT2D eigenvalue weighted by atomic mass is 19.1. The monoisotopic (exact) mass is 229 g/mol. The Morgan fingerprint density at radius 3 is 2.41 bits per heavy atom. The van der Waals surface area contributed by atoms with Gasteiger partial charge in [-0.15, -0.1) is 0 Å². The van der Waals surface area contributed by atoms with Crippen LogP contribution in [0, 0.1) is 12.7 Å². The molecule has 0 amide bonds. The lowest BCUT2D eigenvalue weighted by molar-refractivity contribution is 0.103. The molecule has 2 nitrogen and oxygen atoms in total. The zero-order chi connectivity index (χ0) is 12.4. The number of carbonyl (C=O) groups excluding carboxylic acids is 1. The van der Waals surface area contributed by atoms with Crippen molar-refractivity contribution in [2.75, 3.05) is 5.73 Å². The molecular weight excluding hydrogens is 217 g/mol. The van der Waals surface area contributed by atoms with Crippen molar-refractivity contribution in [1.29, 1.82) is 0 Å². The fraction of sp³-hybridized carbons (Fsp3) is 0.0714. The molecular formula is C14H12FNO. The van der Waals surface area contributed by atoms with E-state index in [0.29, 0.717) is 5.56 Å². The van der Waals surface area contributed by atoms with Crippen LogP contribution in [0.1, 0.15) is 21.5 Å². The van der Waals surface area contributed by atoms with Crippen molar-refractivity contribution in [3.63, 3.8) is 0 Å². The topological polar surface area (TPSA) is 43.1 Å². The number of rotatable bonds is 2. The Morgan fingerprint density at radius 2 is 1.76 bits per heavy atom. The second-order valence-corrected chi connectivity index (χ2v) is 3.93. The van der Waals surface area contributed by atoms with Gasteiger partial charge >= 0.3 is 0 Å². The van der Waals surface area contributed by atoms with Crippen LogP contribution in [0.5, 0.6) is 0 Å². The van der Waals surface area contributed by atoms with Crippen molar-refractivity contribution < 1.29 is 9.18 Å². The van der Waals surface area contributed by atoms with Gasteiger partial charge in [0.25, 0.3) is 0 Å². The molecule has 2 aromatic rings. The fourth-order valence-electron chi connectivity index (χ4n) is 1.59. The number of benzene rings is 2. The molecule has 0 saturated carbocycles. The number of carbonyl (C=O) groups is 1. The first-order valence-corrected chi connectivity index (χ1v) is 5.24. The third-order valence-electron chi connectivity index (χ3n) is 2.57. The smallest absolute Gasteiger partial charge is 0.195 e. The quantitative estimate of drug-likeness (QED) is 0.635. The molecule has 0 fully saturated rings. The molecule has 0 aliphatic rings. The Labute approximate surface area is 98.9 Å². The standard InChI is InChI=1S/C14H12FNO/c1-9-2-4-10(5-3-9)14(17)12-8-11(15)6-7-13(12)16/h2-8H,16H2,1H3. The molecule has 17 heavy (non-hydrogen) atoms. The van der Waals surface area contributed by atoms with Gasteiger partial charge in [0.15, 0.2) is 5.78 Å². The summed E-state index contributed by atoms with van der Waals surface area (Å²) in [7, 11) is 0. The van der Waals surface area contributed by atoms with Gasteiger partial charge in [-0.2, -0.15) is 0 Å². The summed E-state index contributed by atoms with van der Waals surface area (Å²) >= 11 is 0. The zero-order valence-electron chi connectivity index (χ0n) is 9.41. The molecule has 0 unspecified atom stereocenters. The maximum absolute atomic E-state index is 13.1. The number of anilines is 1. The van der Waals surface area contributed by atoms with E-state index in [0.717, 1.165) is 11.6 Å². The average Bonchev–Trinajstić information content (AvgIpc) is 2.32. The predicted molar refractivity (Wildman–Crippen MR) is 65.4 cm³/mol. The SMILES string of the molecule is Cc1ccc(C(=O)c2cc(F)ccc2N)cc1. The summed E-state index contributed by atoms with van der Waals surface area (Å²) in [5, 5.41) is 0. The highest BCUT2D eigenvalue weighted by molar-refractivity contribution is 6.12. The molecule has 0 aromatic heterocycles. The molecule has 0 aliphatic carbocycles. The van der Waals surface area contributed by atoms with Gasteiger partial charge in [0, 0.05) is 16.8 Å². The Kier molecular flexibility index (Phi) is 2.91. The second kappa shape index (κ2) is 4.37. The van der Waals surface area contributed by atoms with E-state index in [1.165, 1.54) is 12.1 Å². The fourth-order valence-corrected chi connectivity index (χ4v) is 1.59. The molecule has 2 N–H and O–H groups in total. The van der Waals surface area contributed by atoms with Crippen LogP contribution in [-0.2, 0) is 0 Å². The third-order valence-corrected chi connectivity index (χ3v) is 2.57. The second-order valence-electron chi connectivity index (χ2n) is 3.93. The van der Waals surface area contributed by atoms with Crippen LogP contribution < -0.4 is 5.73 Å². The molecule has 0 saturated heterocycles. The average molecular weight is 229 g/mol. The minimum Gasteiger partial charge on any atom is -0.398 e. The predicted octanol–water partition coefficient (Wildman–Crippen LogP) is 2.95. The van der Waals surface area contributed by atoms with E-state index in [9.17, 15) is 9.18 Å². The number of hydrogen-bond acceptors (Lipinski definition) is 2. The van der Waals surface area contributed by atoms with Crippen molar-refractivity contribution in [1.82, 2.24) is 0 Å². The number of ketones is 1. The number of nitrogens with two attached hydrogens (primary N) is 1. The summed E-state index contributed by atoms with van der Waals surface area (Å²) in [6, 6.07) is 10.9. The van der Waals surface area contributed by atoms with Crippen LogP contribution >= 0.6 is 0 Å². The Hall–Kier alpha value is -2.16. The minimum absolute atomic E-state index is 0.203. The Balaban J connectivity index is 2.43. The largest absolute Gasteiger partial charge is 0.398 e. The summed E-state index contributed by atoms with van der Waals surface area (Å²) < 4.78 is 13.1. The summed E-state index contributed by atoms with van der Waals surface area (Å²) in [6.07, 6.45) is 0. The van der Waals surface area contributed by atoms with Crippen molar-refractivity contribution in [2.24, 2.45) is 0 Å². The van der Waals surface area contributed by atoms with Gasteiger partial charge in [0.05, 0.1) is 0 Å². The van der Waals surface area contributed by atoms with Crippen LogP contribution in [0.4, 0.5) is 10.1 Å². The molecule has 0 radical (unpaired) electrons. The first-order valence-electron chi connectivity index (χ1n) is 5.24. The van der Waals surface area contributed by atoms with Gasteiger partial charge in [-0.3, -0.25) is 4.79 Å².